The molecule has 98 valence electrons. The van der Waals surface area contributed by atoms with Crippen molar-refractivity contribution in [2.75, 3.05) is 0 Å². The van der Waals surface area contributed by atoms with Gasteiger partial charge in [-0.2, -0.15) is 18.4 Å². The molecule has 1 aromatic carbocycles. The van der Waals surface area contributed by atoms with E-state index in [0.717, 1.165) is 0 Å². The predicted octanol–water partition coefficient (Wildman–Crippen LogP) is 2.87. The minimum Gasteiger partial charge on any atom is -0.323 e. The lowest BCUT2D eigenvalue weighted by molar-refractivity contribution is -0.137. The van der Waals surface area contributed by atoms with Crippen molar-refractivity contribution < 1.29 is 17.6 Å². The number of aryl methyl sites for hydroxylation is 1. The molecule has 0 radical (unpaired) electrons. The largest absolute Gasteiger partial charge is 0.416 e. The fourth-order valence-corrected chi connectivity index (χ4v) is 1.80. The number of nitrogens with zero attached hydrogens (tertiary/aromatic N) is 1. The van der Waals surface area contributed by atoms with Gasteiger partial charge in [-0.15, -0.1) is 0 Å². The lowest BCUT2D eigenvalue weighted by atomic mass is 10.0. The van der Waals surface area contributed by atoms with Gasteiger partial charge in [-0.05, 0) is 19.1 Å². The number of aromatic amines is 1. The Labute approximate surface area is 104 Å². The molecule has 0 fully saturated rings. The molecule has 3 nitrogen and oxygen atoms in total. The van der Waals surface area contributed by atoms with Crippen molar-refractivity contribution in [2.45, 2.75) is 13.1 Å². The highest BCUT2D eigenvalue weighted by atomic mass is 19.4. The van der Waals surface area contributed by atoms with Crippen LogP contribution in [0.3, 0.4) is 0 Å². The van der Waals surface area contributed by atoms with E-state index in [4.69, 9.17) is 5.26 Å². The topological polar surface area (TPSA) is 56.6 Å². The van der Waals surface area contributed by atoms with Gasteiger partial charge in [0.25, 0.3) is 5.56 Å². The Morgan fingerprint density at radius 3 is 2.47 bits per heavy atom. The van der Waals surface area contributed by atoms with Crippen molar-refractivity contribution in [3.8, 4) is 6.07 Å². The fourth-order valence-electron chi connectivity index (χ4n) is 1.80. The Kier molecular flexibility index (Phi) is 2.81. The third-order valence-corrected chi connectivity index (χ3v) is 2.68. The molecule has 0 saturated heterocycles. The number of alkyl halides is 3. The average Bonchev–Trinajstić information content (AvgIpc) is 2.33. The number of halogens is 4. The van der Waals surface area contributed by atoms with Gasteiger partial charge in [-0.1, -0.05) is 0 Å². The third kappa shape index (κ3) is 2.05. The molecule has 0 aliphatic rings. The van der Waals surface area contributed by atoms with Crippen LogP contribution in [0.25, 0.3) is 10.8 Å². The zero-order valence-electron chi connectivity index (χ0n) is 9.52. The van der Waals surface area contributed by atoms with Gasteiger partial charge in [0.2, 0.25) is 0 Å². The summed E-state index contributed by atoms with van der Waals surface area (Å²) < 4.78 is 51.8. The van der Waals surface area contributed by atoms with Crippen molar-refractivity contribution >= 4 is 10.8 Å². The number of hydrogen-bond acceptors (Lipinski definition) is 2. The third-order valence-electron chi connectivity index (χ3n) is 2.68. The number of rotatable bonds is 0. The number of hydrogen-bond donors (Lipinski definition) is 1. The van der Waals surface area contributed by atoms with Gasteiger partial charge in [0, 0.05) is 5.39 Å². The monoisotopic (exact) mass is 270 g/mol. The van der Waals surface area contributed by atoms with Gasteiger partial charge in [0.05, 0.1) is 28.3 Å². The van der Waals surface area contributed by atoms with E-state index < -0.39 is 34.1 Å². The van der Waals surface area contributed by atoms with Gasteiger partial charge >= 0.3 is 6.18 Å². The van der Waals surface area contributed by atoms with Gasteiger partial charge in [-0.3, -0.25) is 4.79 Å². The minimum atomic E-state index is -4.72. The van der Waals surface area contributed by atoms with Gasteiger partial charge < -0.3 is 4.98 Å². The number of nitriles is 1. The highest BCUT2D eigenvalue weighted by Gasteiger charge is 2.32. The highest BCUT2D eigenvalue weighted by Crippen LogP contribution is 2.33. The summed E-state index contributed by atoms with van der Waals surface area (Å²) in [4.78, 5) is 13.8. The average molecular weight is 270 g/mol. The van der Waals surface area contributed by atoms with Crippen LogP contribution in [0.4, 0.5) is 17.6 Å². The predicted molar refractivity (Wildman–Crippen MR) is 59.0 cm³/mol. The van der Waals surface area contributed by atoms with E-state index in [1.54, 1.807) is 0 Å². The first kappa shape index (κ1) is 13.1. The molecule has 0 saturated carbocycles. The van der Waals surface area contributed by atoms with Crippen molar-refractivity contribution in [1.82, 2.24) is 4.98 Å². The molecule has 0 aliphatic carbocycles. The Bertz CT molecular complexity index is 768. The molecular formula is C12H6F4N2O. The smallest absolute Gasteiger partial charge is 0.323 e. The van der Waals surface area contributed by atoms with E-state index in [-0.39, 0.29) is 11.1 Å². The molecule has 0 bridgehead atoms. The summed E-state index contributed by atoms with van der Waals surface area (Å²) in [5.41, 5.74) is -2.65. The molecule has 2 aromatic rings. The van der Waals surface area contributed by atoms with E-state index in [9.17, 15) is 22.4 Å². The first-order valence-electron chi connectivity index (χ1n) is 5.09. The molecule has 1 N–H and O–H groups in total. The van der Waals surface area contributed by atoms with Crippen LogP contribution < -0.4 is 5.56 Å². The summed E-state index contributed by atoms with van der Waals surface area (Å²) in [5, 5.41) is 7.93. The van der Waals surface area contributed by atoms with E-state index in [1.165, 1.54) is 13.0 Å². The molecule has 0 spiro atoms. The Hall–Kier alpha value is -2.36. The van der Waals surface area contributed by atoms with E-state index in [2.05, 4.69) is 4.98 Å². The molecular weight excluding hydrogens is 264 g/mol. The van der Waals surface area contributed by atoms with Crippen LogP contribution in [0, 0.1) is 24.1 Å². The fraction of sp³-hybridized carbons (Fsp3) is 0.167. The summed E-state index contributed by atoms with van der Waals surface area (Å²) in [6.45, 7) is 1.22. The second-order valence-electron chi connectivity index (χ2n) is 3.95. The Morgan fingerprint density at radius 2 is 1.95 bits per heavy atom. The summed E-state index contributed by atoms with van der Waals surface area (Å²) in [7, 11) is 0. The first-order valence-corrected chi connectivity index (χ1v) is 5.09. The van der Waals surface area contributed by atoms with Crippen LogP contribution in [0.5, 0.6) is 0 Å². The summed E-state index contributed by atoms with van der Waals surface area (Å²) in [6, 6.07) is 2.55. The maximum Gasteiger partial charge on any atom is 0.416 e. The number of pyridine rings is 1. The zero-order chi connectivity index (χ0) is 14.4. The summed E-state index contributed by atoms with van der Waals surface area (Å²) in [5.74, 6) is -0.975. The minimum absolute atomic E-state index is 0.180. The van der Waals surface area contributed by atoms with Gasteiger partial charge in [0.1, 0.15) is 5.82 Å². The second kappa shape index (κ2) is 4.09. The van der Waals surface area contributed by atoms with E-state index in [1.807, 2.05) is 0 Å². The number of fused-ring (bicyclic) bond motifs is 1. The SMILES string of the molecule is Cc1[nH]c(=O)c2c(C#N)cc(C(F)(F)F)cc2c1F. The highest BCUT2D eigenvalue weighted by molar-refractivity contribution is 5.88. The molecule has 0 unspecified atom stereocenters. The lowest BCUT2D eigenvalue weighted by Gasteiger charge is -2.10. The zero-order valence-corrected chi connectivity index (χ0v) is 9.52. The first-order chi connectivity index (χ1) is 8.75. The molecule has 2 rings (SSSR count). The van der Waals surface area contributed by atoms with Crippen LogP contribution in [0.1, 0.15) is 16.8 Å². The standard InChI is InChI=1S/C12H6F4N2O/c1-5-10(13)8-3-7(12(14,15)16)2-6(4-17)9(8)11(19)18-5/h2-3H,1H3,(H,18,19). The van der Waals surface area contributed by atoms with Crippen molar-refractivity contribution in [1.29, 1.82) is 5.26 Å². The molecule has 0 amide bonds. The normalized spacial score (nSPS) is 11.6. The summed E-state index contributed by atoms with van der Waals surface area (Å²) >= 11 is 0. The molecule has 0 atom stereocenters. The number of benzene rings is 1. The molecule has 1 heterocycles. The number of H-pyrrole nitrogens is 1. The van der Waals surface area contributed by atoms with Crippen LogP contribution >= 0.6 is 0 Å². The van der Waals surface area contributed by atoms with Crippen molar-refractivity contribution in [3.05, 3.63) is 45.1 Å². The Balaban J connectivity index is 3.04. The maximum absolute atomic E-state index is 13.8. The number of nitrogens with one attached hydrogen (secondary N) is 1. The van der Waals surface area contributed by atoms with Gasteiger partial charge in [-0.25, -0.2) is 4.39 Å². The maximum atomic E-state index is 13.8. The van der Waals surface area contributed by atoms with Crippen LogP contribution in [0.15, 0.2) is 16.9 Å². The van der Waals surface area contributed by atoms with Crippen LogP contribution in [0.2, 0.25) is 0 Å². The van der Waals surface area contributed by atoms with E-state index in [0.29, 0.717) is 12.1 Å². The molecule has 0 aliphatic heterocycles. The summed E-state index contributed by atoms with van der Waals surface area (Å²) in [6.07, 6.45) is -4.72. The molecule has 7 heteroatoms. The quantitative estimate of drug-likeness (QED) is 0.748. The lowest BCUT2D eigenvalue weighted by Crippen LogP contribution is -2.14. The molecule has 1 aromatic heterocycles. The number of aromatic nitrogens is 1. The van der Waals surface area contributed by atoms with Gasteiger partial charge in [0.15, 0.2) is 0 Å². The van der Waals surface area contributed by atoms with Crippen molar-refractivity contribution in [2.24, 2.45) is 0 Å². The van der Waals surface area contributed by atoms with Crippen molar-refractivity contribution in [3.63, 3.8) is 0 Å². The van der Waals surface area contributed by atoms with Crippen LogP contribution in [-0.4, -0.2) is 4.98 Å². The molecule has 19 heavy (non-hydrogen) atoms. The Morgan fingerprint density at radius 1 is 1.32 bits per heavy atom. The van der Waals surface area contributed by atoms with E-state index >= 15 is 0 Å². The van der Waals surface area contributed by atoms with Crippen LogP contribution in [-0.2, 0) is 6.18 Å². The second-order valence-corrected chi connectivity index (χ2v) is 3.95.